The zero-order valence-corrected chi connectivity index (χ0v) is 23.6. The molecule has 0 spiro atoms. The molecule has 1 aromatic heterocycles. The van der Waals surface area contributed by atoms with Crippen molar-refractivity contribution in [1.82, 2.24) is 9.13 Å². The summed E-state index contributed by atoms with van der Waals surface area (Å²) < 4.78 is 14.3. The highest BCUT2D eigenvalue weighted by Crippen LogP contribution is 2.30. The number of hydrogen-bond donors (Lipinski definition) is 1. The van der Waals surface area contributed by atoms with Crippen LogP contribution in [0.4, 0.5) is 0 Å². The van der Waals surface area contributed by atoms with Gasteiger partial charge in [0.25, 0.3) is 5.56 Å². The van der Waals surface area contributed by atoms with Crippen LogP contribution in [0.3, 0.4) is 0 Å². The van der Waals surface area contributed by atoms with Crippen LogP contribution in [0.15, 0.2) is 64.2 Å². The number of rotatable bonds is 18. The molecule has 0 aliphatic heterocycles. The third-order valence-corrected chi connectivity index (χ3v) is 6.79. The van der Waals surface area contributed by atoms with E-state index < -0.39 is 17.1 Å². The second-order valence-corrected chi connectivity index (χ2v) is 9.99. The van der Waals surface area contributed by atoms with Gasteiger partial charge in [-0.25, -0.2) is 13.9 Å². The van der Waals surface area contributed by atoms with Gasteiger partial charge in [-0.3, -0.25) is 4.79 Å². The highest BCUT2D eigenvalue weighted by atomic mass is 16.5. The summed E-state index contributed by atoms with van der Waals surface area (Å²) in [6.45, 7) is 5.46. The summed E-state index contributed by atoms with van der Waals surface area (Å²) in [5.41, 5.74) is -0.520. The van der Waals surface area contributed by atoms with E-state index >= 15 is 0 Å². The van der Waals surface area contributed by atoms with Gasteiger partial charge in [0.05, 0.1) is 30.7 Å². The Balaban J connectivity index is 1.86. The van der Waals surface area contributed by atoms with Crippen LogP contribution in [-0.4, -0.2) is 27.5 Å². The molecular formula is C32H44N2O5. The summed E-state index contributed by atoms with van der Waals surface area (Å²) >= 11 is 0. The SMILES string of the molecule is CCCCCCCCOc1ccc(OCCCCCCCC)c(-n2c(O)cc(=O)n(-c3ccccc3)c2=O)c1. The van der Waals surface area contributed by atoms with Crippen LogP contribution in [0.25, 0.3) is 11.4 Å². The van der Waals surface area contributed by atoms with E-state index in [1.807, 2.05) is 12.1 Å². The van der Waals surface area contributed by atoms with E-state index in [0.717, 1.165) is 47.3 Å². The number of ether oxygens (including phenoxy) is 2. The Hall–Kier alpha value is -3.48. The minimum absolute atomic E-state index is 0.341. The fourth-order valence-electron chi connectivity index (χ4n) is 4.59. The largest absolute Gasteiger partial charge is 0.494 e. The van der Waals surface area contributed by atoms with E-state index in [0.29, 0.717) is 36.1 Å². The lowest BCUT2D eigenvalue weighted by Gasteiger charge is -2.17. The Labute approximate surface area is 232 Å². The van der Waals surface area contributed by atoms with E-state index in [1.165, 1.54) is 44.9 Å². The van der Waals surface area contributed by atoms with Crippen molar-refractivity contribution in [2.24, 2.45) is 0 Å². The number of unbranched alkanes of at least 4 members (excludes halogenated alkanes) is 10. The first-order valence-electron chi connectivity index (χ1n) is 14.6. The van der Waals surface area contributed by atoms with Crippen molar-refractivity contribution in [2.45, 2.75) is 90.9 Å². The van der Waals surface area contributed by atoms with E-state index in [1.54, 1.807) is 36.4 Å². The lowest BCUT2D eigenvalue weighted by atomic mass is 10.1. The Morgan fingerprint density at radius 2 is 1.26 bits per heavy atom. The molecular weight excluding hydrogens is 492 g/mol. The summed E-state index contributed by atoms with van der Waals surface area (Å²) in [7, 11) is 0. The fourth-order valence-corrected chi connectivity index (χ4v) is 4.59. The Bertz CT molecular complexity index is 1250. The van der Waals surface area contributed by atoms with Crippen molar-refractivity contribution in [2.75, 3.05) is 13.2 Å². The molecule has 0 saturated heterocycles. The number of hydrogen-bond acceptors (Lipinski definition) is 5. The second-order valence-electron chi connectivity index (χ2n) is 9.99. The van der Waals surface area contributed by atoms with E-state index in [2.05, 4.69) is 13.8 Å². The molecule has 0 bridgehead atoms. The van der Waals surface area contributed by atoms with Crippen molar-refractivity contribution in [3.63, 3.8) is 0 Å². The van der Waals surface area contributed by atoms with Gasteiger partial charge in [-0.2, -0.15) is 0 Å². The zero-order chi connectivity index (χ0) is 27.9. The minimum atomic E-state index is -0.677. The molecule has 212 valence electrons. The van der Waals surface area contributed by atoms with Gasteiger partial charge in [0.15, 0.2) is 0 Å². The van der Waals surface area contributed by atoms with Crippen molar-refractivity contribution in [3.8, 4) is 28.8 Å². The maximum absolute atomic E-state index is 13.6. The second kappa shape index (κ2) is 16.5. The topological polar surface area (TPSA) is 82.7 Å². The normalized spacial score (nSPS) is 11.0. The predicted molar refractivity (Wildman–Crippen MR) is 157 cm³/mol. The lowest BCUT2D eigenvalue weighted by Crippen LogP contribution is -2.37. The smallest absolute Gasteiger partial charge is 0.343 e. The first kappa shape index (κ1) is 30.1. The third-order valence-electron chi connectivity index (χ3n) is 6.79. The standard InChI is InChI=1S/C32H44N2O5/c1-3-5-7-9-11-16-22-38-27-20-21-29(39-23-17-12-10-8-6-4-2)28(24-27)34-31(36)25-30(35)33(32(34)37)26-18-14-13-15-19-26/h13-15,18-21,24-25,36H,3-12,16-17,22-23H2,1-2H3. The Kier molecular flexibility index (Phi) is 12.7. The zero-order valence-electron chi connectivity index (χ0n) is 23.6. The predicted octanol–water partition coefficient (Wildman–Crippen LogP) is 7.17. The molecule has 2 aromatic carbocycles. The highest BCUT2D eigenvalue weighted by molar-refractivity contribution is 5.53. The van der Waals surface area contributed by atoms with Gasteiger partial charge < -0.3 is 14.6 Å². The molecule has 0 aliphatic carbocycles. The van der Waals surface area contributed by atoms with Crippen LogP contribution in [0.2, 0.25) is 0 Å². The number of nitrogens with zero attached hydrogens (tertiary/aromatic N) is 2. The quantitative estimate of drug-likeness (QED) is 0.174. The number of aromatic hydroxyl groups is 1. The fraction of sp³-hybridized carbons (Fsp3) is 0.500. The van der Waals surface area contributed by atoms with Gasteiger partial charge in [0, 0.05) is 6.07 Å². The molecule has 1 heterocycles. The molecule has 0 atom stereocenters. The van der Waals surface area contributed by atoms with E-state index in [9.17, 15) is 14.7 Å². The molecule has 1 N–H and O–H groups in total. The number of benzene rings is 2. The highest BCUT2D eigenvalue weighted by Gasteiger charge is 2.18. The van der Waals surface area contributed by atoms with Crippen LogP contribution in [0, 0.1) is 0 Å². The molecule has 0 amide bonds. The van der Waals surface area contributed by atoms with Crippen molar-refractivity contribution in [3.05, 3.63) is 75.4 Å². The molecule has 7 heteroatoms. The third kappa shape index (κ3) is 9.05. The molecule has 0 aliphatic rings. The summed E-state index contributed by atoms with van der Waals surface area (Å²) in [5.74, 6) is 0.579. The Morgan fingerprint density at radius 3 is 1.90 bits per heavy atom. The average molecular weight is 537 g/mol. The van der Waals surface area contributed by atoms with Crippen molar-refractivity contribution < 1.29 is 14.6 Å². The Morgan fingerprint density at radius 1 is 0.667 bits per heavy atom. The van der Waals surface area contributed by atoms with E-state index in [4.69, 9.17) is 9.47 Å². The van der Waals surface area contributed by atoms with Gasteiger partial charge in [0.2, 0.25) is 5.88 Å². The van der Waals surface area contributed by atoms with Gasteiger partial charge in [0.1, 0.15) is 11.5 Å². The van der Waals surface area contributed by atoms with Gasteiger partial charge >= 0.3 is 5.69 Å². The minimum Gasteiger partial charge on any atom is -0.494 e. The van der Waals surface area contributed by atoms with Gasteiger partial charge in [-0.15, -0.1) is 0 Å². The summed E-state index contributed by atoms with van der Waals surface area (Å²) in [5, 5.41) is 10.8. The van der Waals surface area contributed by atoms with Gasteiger partial charge in [-0.05, 0) is 37.1 Å². The summed E-state index contributed by atoms with van der Waals surface area (Å²) in [4.78, 5) is 26.3. The maximum atomic E-state index is 13.6. The van der Waals surface area contributed by atoms with Crippen molar-refractivity contribution >= 4 is 0 Å². The van der Waals surface area contributed by atoms with Crippen LogP contribution in [-0.2, 0) is 0 Å². The molecule has 0 saturated carbocycles. The molecule has 0 unspecified atom stereocenters. The molecule has 3 rings (SSSR count). The summed E-state index contributed by atoms with van der Waals surface area (Å²) in [6, 6.07) is 15.0. The number of para-hydroxylation sites is 1. The van der Waals surface area contributed by atoms with Crippen LogP contribution in [0.5, 0.6) is 17.4 Å². The molecule has 39 heavy (non-hydrogen) atoms. The molecule has 0 fully saturated rings. The molecule has 3 aromatic rings. The monoisotopic (exact) mass is 536 g/mol. The summed E-state index contributed by atoms with van der Waals surface area (Å²) in [6.07, 6.45) is 13.7. The van der Waals surface area contributed by atoms with Crippen molar-refractivity contribution in [1.29, 1.82) is 0 Å². The number of aromatic nitrogens is 2. The molecule has 7 nitrogen and oxygen atoms in total. The lowest BCUT2D eigenvalue weighted by molar-refractivity contribution is 0.294. The average Bonchev–Trinajstić information content (AvgIpc) is 2.93. The first-order chi connectivity index (χ1) is 19.1. The maximum Gasteiger partial charge on any atom is 0.343 e. The molecule has 0 radical (unpaired) electrons. The first-order valence-corrected chi connectivity index (χ1v) is 14.6. The van der Waals surface area contributed by atoms with Crippen LogP contribution < -0.4 is 20.7 Å². The van der Waals surface area contributed by atoms with Gasteiger partial charge in [-0.1, -0.05) is 96.3 Å². The van der Waals surface area contributed by atoms with Crippen LogP contribution >= 0.6 is 0 Å². The van der Waals surface area contributed by atoms with Crippen LogP contribution in [0.1, 0.15) is 90.9 Å². The van der Waals surface area contributed by atoms with E-state index in [-0.39, 0.29) is 0 Å².